The molecule has 0 saturated heterocycles. The molecule has 0 radical (unpaired) electrons. The Labute approximate surface area is 150 Å². The summed E-state index contributed by atoms with van der Waals surface area (Å²) in [6, 6.07) is 0.612. The number of aliphatic imine (C=N–C) groups is 1. The smallest absolute Gasteiger partial charge is 0.191 e. The molecule has 0 aliphatic rings. The van der Waals surface area contributed by atoms with E-state index in [0.717, 1.165) is 51.4 Å². The molecule has 0 amide bonds. The van der Waals surface area contributed by atoms with Crippen molar-refractivity contribution in [1.29, 1.82) is 0 Å². The summed E-state index contributed by atoms with van der Waals surface area (Å²) in [5, 5.41) is 16.0. The van der Waals surface area contributed by atoms with Crippen molar-refractivity contribution < 1.29 is 5.11 Å². The van der Waals surface area contributed by atoms with Gasteiger partial charge in [-0.1, -0.05) is 13.8 Å². The van der Waals surface area contributed by atoms with Crippen molar-refractivity contribution in [2.75, 3.05) is 39.8 Å². The highest BCUT2D eigenvalue weighted by Crippen LogP contribution is 2.15. The number of aliphatic hydroxyl groups is 1. The Balaban J connectivity index is 4.21. The van der Waals surface area contributed by atoms with Gasteiger partial charge in [-0.3, -0.25) is 4.99 Å². The third-order valence-corrected chi connectivity index (χ3v) is 4.31. The second-order valence-corrected chi connectivity index (χ2v) is 7.44. The average Bonchev–Trinajstić information content (AvgIpc) is 2.51. The van der Waals surface area contributed by atoms with Crippen LogP contribution in [-0.2, 0) is 0 Å². The maximum Gasteiger partial charge on any atom is 0.191 e. The summed E-state index contributed by atoms with van der Waals surface area (Å²) >= 11 is 0. The molecule has 1 atom stereocenters. The van der Waals surface area contributed by atoms with Crippen LogP contribution >= 0.6 is 0 Å². The second-order valence-electron chi connectivity index (χ2n) is 7.44. The van der Waals surface area contributed by atoms with E-state index < -0.39 is 0 Å². The standard InChI is InChI=1S/C19H42N4O/c1-7-20-19(21-11-8-9-12-23(6)17(4)5)22-15-18(10-13-24)14-16(2)3/h16-18,24H,7-15H2,1-6H3,(H2,20,21,22). The molecule has 1 unspecified atom stereocenters. The third kappa shape index (κ3) is 12.6. The number of unbranched alkanes of at least 4 members (excludes halogenated alkanes) is 1. The number of hydrogen-bond acceptors (Lipinski definition) is 3. The second kappa shape index (κ2) is 14.5. The van der Waals surface area contributed by atoms with Crippen LogP contribution in [0.15, 0.2) is 4.99 Å². The fourth-order valence-corrected chi connectivity index (χ4v) is 2.65. The van der Waals surface area contributed by atoms with Crippen molar-refractivity contribution in [1.82, 2.24) is 15.5 Å². The molecule has 0 bridgehead atoms. The molecule has 0 aliphatic heterocycles. The van der Waals surface area contributed by atoms with Crippen molar-refractivity contribution in [3.05, 3.63) is 0 Å². The first-order valence-corrected chi connectivity index (χ1v) is 9.73. The number of rotatable bonds is 13. The Morgan fingerprint density at radius 1 is 1.12 bits per heavy atom. The van der Waals surface area contributed by atoms with Gasteiger partial charge in [0.1, 0.15) is 0 Å². The van der Waals surface area contributed by atoms with Crippen molar-refractivity contribution >= 4 is 5.96 Å². The van der Waals surface area contributed by atoms with Gasteiger partial charge in [0.15, 0.2) is 5.96 Å². The fraction of sp³-hybridized carbons (Fsp3) is 0.947. The first kappa shape index (κ1) is 23.2. The largest absolute Gasteiger partial charge is 0.396 e. The van der Waals surface area contributed by atoms with E-state index in [0.29, 0.717) is 17.9 Å². The predicted octanol–water partition coefficient (Wildman–Crippen LogP) is 2.71. The minimum absolute atomic E-state index is 0.250. The van der Waals surface area contributed by atoms with Gasteiger partial charge in [-0.15, -0.1) is 0 Å². The molecule has 0 aromatic carbocycles. The number of nitrogens with one attached hydrogen (secondary N) is 2. The first-order valence-electron chi connectivity index (χ1n) is 9.73. The molecule has 0 heterocycles. The van der Waals surface area contributed by atoms with Gasteiger partial charge in [-0.25, -0.2) is 0 Å². The highest BCUT2D eigenvalue weighted by atomic mass is 16.3. The molecule has 0 aromatic rings. The lowest BCUT2D eigenvalue weighted by Gasteiger charge is -2.21. The summed E-state index contributed by atoms with van der Waals surface area (Å²) in [5.41, 5.74) is 0. The normalized spacial score (nSPS) is 13.8. The van der Waals surface area contributed by atoms with Crippen LogP contribution in [0.25, 0.3) is 0 Å². The van der Waals surface area contributed by atoms with Crippen LogP contribution in [0.1, 0.15) is 60.3 Å². The predicted molar refractivity (Wildman–Crippen MR) is 106 cm³/mol. The SMILES string of the molecule is CCNC(=NCC(CCO)CC(C)C)NCCCCN(C)C(C)C. The van der Waals surface area contributed by atoms with Crippen LogP contribution in [0.3, 0.4) is 0 Å². The number of guanidine groups is 1. The van der Waals surface area contributed by atoms with Gasteiger partial charge in [0.25, 0.3) is 0 Å². The maximum atomic E-state index is 9.22. The Morgan fingerprint density at radius 2 is 1.83 bits per heavy atom. The highest BCUT2D eigenvalue weighted by molar-refractivity contribution is 5.79. The van der Waals surface area contributed by atoms with E-state index >= 15 is 0 Å². The summed E-state index contributed by atoms with van der Waals surface area (Å²) in [5.74, 6) is 2.01. The molecular weight excluding hydrogens is 300 g/mol. The van der Waals surface area contributed by atoms with E-state index in [4.69, 9.17) is 4.99 Å². The Kier molecular flexibility index (Phi) is 14.0. The molecule has 0 spiro atoms. The molecule has 0 aromatic heterocycles. The van der Waals surface area contributed by atoms with Gasteiger partial charge < -0.3 is 20.6 Å². The quantitative estimate of drug-likeness (QED) is 0.274. The van der Waals surface area contributed by atoms with Crippen LogP contribution in [-0.4, -0.2) is 61.8 Å². The summed E-state index contributed by atoms with van der Waals surface area (Å²) in [7, 11) is 2.18. The average molecular weight is 343 g/mol. The molecular formula is C19H42N4O. The zero-order chi connectivity index (χ0) is 18.4. The summed E-state index contributed by atoms with van der Waals surface area (Å²) in [6.45, 7) is 15.0. The summed E-state index contributed by atoms with van der Waals surface area (Å²) in [6.07, 6.45) is 4.29. The van der Waals surface area contributed by atoms with Crippen LogP contribution in [0.2, 0.25) is 0 Å². The van der Waals surface area contributed by atoms with Crippen LogP contribution in [0.5, 0.6) is 0 Å². The Morgan fingerprint density at radius 3 is 2.38 bits per heavy atom. The lowest BCUT2D eigenvalue weighted by Crippen LogP contribution is -2.38. The zero-order valence-corrected chi connectivity index (χ0v) is 16.9. The molecule has 5 heteroatoms. The van der Waals surface area contributed by atoms with E-state index in [9.17, 15) is 5.11 Å². The van der Waals surface area contributed by atoms with E-state index in [1.54, 1.807) is 0 Å². The van der Waals surface area contributed by atoms with Gasteiger partial charge in [-0.2, -0.15) is 0 Å². The topological polar surface area (TPSA) is 59.9 Å². The van der Waals surface area contributed by atoms with E-state index in [1.165, 1.54) is 6.42 Å². The minimum Gasteiger partial charge on any atom is -0.396 e. The molecule has 144 valence electrons. The molecule has 0 fully saturated rings. The maximum absolute atomic E-state index is 9.22. The Bertz CT molecular complexity index is 318. The fourth-order valence-electron chi connectivity index (χ4n) is 2.65. The molecule has 3 N–H and O–H groups in total. The van der Waals surface area contributed by atoms with Crippen molar-refractivity contribution in [2.45, 2.75) is 66.3 Å². The monoisotopic (exact) mass is 342 g/mol. The van der Waals surface area contributed by atoms with Gasteiger partial charge in [0.2, 0.25) is 0 Å². The minimum atomic E-state index is 0.250. The molecule has 5 nitrogen and oxygen atoms in total. The van der Waals surface area contributed by atoms with E-state index in [1.807, 2.05) is 0 Å². The van der Waals surface area contributed by atoms with Gasteiger partial charge in [0.05, 0.1) is 0 Å². The first-order chi connectivity index (χ1) is 11.4. The van der Waals surface area contributed by atoms with Crippen molar-refractivity contribution in [3.63, 3.8) is 0 Å². The number of nitrogens with zero attached hydrogens (tertiary/aromatic N) is 2. The Hall–Kier alpha value is -0.810. The summed E-state index contributed by atoms with van der Waals surface area (Å²) in [4.78, 5) is 7.10. The molecule has 0 saturated carbocycles. The highest BCUT2D eigenvalue weighted by Gasteiger charge is 2.10. The molecule has 0 aliphatic carbocycles. The van der Waals surface area contributed by atoms with E-state index in [-0.39, 0.29) is 6.61 Å². The van der Waals surface area contributed by atoms with Gasteiger partial charge in [-0.05, 0) is 71.9 Å². The summed E-state index contributed by atoms with van der Waals surface area (Å²) < 4.78 is 0. The van der Waals surface area contributed by atoms with E-state index in [2.05, 4.69) is 57.2 Å². The molecule has 24 heavy (non-hydrogen) atoms. The lowest BCUT2D eigenvalue weighted by atomic mass is 9.94. The van der Waals surface area contributed by atoms with Gasteiger partial charge in [0, 0.05) is 32.3 Å². The third-order valence-electron chi connectivity index (χ3n) is 4.31. The van der Waals surface area contributed by atoms with Crippen molar-refractivity contribution in [2.24, 2.45) is 16.8 Å². The zero-order valence-electron chi connectivity index (χ0n) is 16.9. The van der Waals surface area contributed by atoms with Crippen LogP contribution in [0, 0.1) is 11.8 Å². The number of hydrogen-bond donors (Lipinski definition) is 3. The number of aliphatic hydroxyl groups excluding tert-OH is 1. The lowest BCUT2D eigenvalue weighted by molar-refractivity contribution is 0.245. The van der Waals surface area contributed by atoms with Crippen LogP contribution in [0.4, 0.5) is 0 Å². The van der Waals surface area contributed by atoms with Gasteiger partial charge >= 0.3 is 0 Å². The van der Waals surface area contributed by atoms with Crippen molar-refractivity contribution in [3.8, 4) is 0 Å². The molecule has 0 rings (SSSR count). The van der Waals surface area contributed by atoms with Crippen LogP contribution < -0.4 is 10.6 Å².